The van der Waals surface area contributed by atoms with Crippen LogP contribution in [-0.4, -0.2) is 12.1 Å². The van der Waals surface area contributed by atoms with Gasteiger partial charge in [0, 0.05) is 0 Å². The van der Waals surface area contributed by atoms with Gasteiger partial charge in [-0.05, 0) is 28.1 Å². The number of hydrogen-bond acceptors (Lipinski definition) is 3. The number of amides is 1. The Bertz CT molecular complexity index is 746. The monoisotopic (exact) mass is 382 g/mol. The van der Waals surface area contributed by atoms with Crippen LogP contribution in [-0.2, 0) is 0 Å². The van der Waals surface area contributed by atoms with Gasteiger partial charge < -0.3 is 4.42 Å². The van der Waals surface area contributed by atoms with Crippen molar-refractivity contribution >= 4 is 28.1 Å². The van der Waals surface area contributed by atoms with Crippen molar-refractivity contribution in [3.8, 4) is 0 Å². The van der Waals surface area contributed by atoms with Gasteiger partial charge in [-0.15, -0.1) is 0 Å². The van der Waals surface area contributed by atoms with Crippen molar-refractivity contribution < 1.29 is 31.2 Å². The third-order valence-electron chi connectivity index (χ3n) is 2.40. The van der Waals surface area contributed by atoms with Crippen LogP contribution in [0.4, 0.5) is 22.0 Å². The average Bonchev–Trinajstić information content (AvgIpc) is 2.93. The molecule has 4 nitrogen and oxygen atoms in total. The first-order valence-corrected chi connectivity index (χ1v) is 6.22. The lowest BCUT2D eigenvalue weighted by atomic mass is 10.2. The predicted molar refractivity (Wildman–Crippen MR) is 67.7 cm³/mol. The highest BCUT2D eigenvalue weighted by atomic mass is 79.9. The Morgan fingerprint density at radius 3 is 2.09 bits per heavy atom. The van der Waals surface area contributed by atoms with Crippen molar-refractivity contribution in [1.82, 2.24) is 5.43 Å². The van der Waals surface area contributed by atoms with Crippen LogP contribution in [0.5, 0.6) is 0 Å². The van der Waals surface area contributed by atoms with Gasteiger partial charge in [-0.25, -0.2) is 27.4 Å². The van der Waals surface area contributed by atoms with Crippen molar-refractivity contribution in [2.24, 2.45) is 5.10 Å². The van der Waals surface area contributed by atoms with E-state index in [4.69, 9.17) is 4.42 Å². The van der Waals surface area contributed by atoms with Gasteiger partial charge in [0.25, 0.3) is 0 Å². The minimum atomic E-state index is -2.28. The van der Waals surface area contributed by atoms with E-state index in [1.165, 1.54) is 12.1 Å². The van der Waals surface area contributed by atoms with Crippen molar-refractivity contribution in [3.05, 3.63) is 57.2 Å². The molecule has 0 bridgehead atoms. The molecule has 0 spiro atoms. The fourth-order valence-corrected chi connectivity index (χ4v) is 1.69. The SMILES string of the molecule is O=C(N/N=C\c1c(F)c(F)c(F)c(F)c1F)c1ccc(Br)o1. The number of halogens is 6. The van der Waals surface area contributed by atoms with Gasteiger partial charge in [0.1, 0.15) is 0 Å². The number of benzene rings is 1. The molecule has 1 aromatic carbocycles. The van der Waals surface area contributed by atoms with E-state index in [1.54, 1.807) is 0 Å². The lowest BCUT2D eigenvalue weighted by Crippen LogP contribution is -2.17. The van der Waals surface area contributed by atoms with E-state index in [2.05, 4.69) is 21.0 Å². The molecule has 2 rings (SSSR count). The normalized spacial score (nSPS) is 11.2. The van der Waals surface area contributed by atoms with E-state index < -0.39 is 40.6 Å². The number of nitrogens with zero attached hydrogens (tertiary/aromatic N) is 1. The van der Waals surface area contributed by atoms with Gasteiger partial charge >= 0.3 is 5.91 Å². The van der Waals surface area contributed by atoms with Crippen LogP contribution in [0.3, 0.4) is 0 Å². The van der Waals surface area contributed by atoms with Crippen LogP contribution in [0.25, 0.3) is 0 Å². The molecule has 0 aliphatic rings. The second-order valence-electron chi connectivity index (χ2n) is 3.79. The number of carbonyl (C=O) groups excluding carboxylic acids is 1. The van der Waals surface area contributed by atoms with Crippen LogP contribution in [0.1, 0.15) is 16.1 Å². The summed E-state index contributed by atoms with van der Waals surface area (Å²) in [6.45, 7) is 0. The number of hydrogen-bond donors (Lipinski definition) is 1. The molecule has 22 heavy (non-hydrogen) atoms. The van der Waals surface area contributed by atoms with E-state index in [1.807, 2.05) is 5.43 Å². The van der Waals surface area contributed by atoms with Crippen LogP contribution in [0.2, 0.25) is 0 Å². The fourth-order valence-electron chi connectivity index (χ4n) is 1.38. The molecule has 0 aliphatic heterocycles. The van der Waals surface area contributed by atoms with Crippen LogP contribution in [0, 0.1) is 29.1 Å². The molecule has 0 fully saturated rings. The lowest BCUT2D eigenvalue weighted by Gasteiger charge is -2.03. The highest BCUT2D eigenvalue weighted by molar-refractivity contribution is 9.10. The summed E-state index contributed by atoms with van der Waals surface area (Å²) >= 11 is 2.94. The number of hydrazone groups is 1. The summed E-state index contributed by atoms with van der Waals surface area (Å²) in [5.74, 6) is -11.7. The molecular weight excluding hydrogens is 379 g/mol. The Morgan fingerprint density at radius 1 is 1.05 bits per heavy atom. The second kappa shape index (κ2) is 6.26. The number of rotatable bonds is 3. The Kier molecular flexibility index (Phi) is 4.59. The quantitative estimate of drug-likeness (QED) is 0.290. The second-order valence-corrected chi connectivity index (χ2v) is 4.57. The van der Waals surface area contributed by atoms with Crippen LogP contribution >= 0.6 is 15.9 Å². The lowest BCUT2D eigenvalue weighted by molar-refractivity contribution is 0.0926. The summed E-state index contributed by atoms with van der Waals surface area (Å²) < 4.78 is 70.4. The third-order valence-corrected chi connectivity index (χ3v) is 2.83. The standard InChI is InChI=1S/C12H4BrF5N2O2/c13-6-2-1-5(22-6)12(21)20-19-3-4-7(14)9(16)11(18)10(17)8(4)15/h1-3H,(H,20,21)/b19-3-. The molecule has 0 saturated heterocycles. The summed E-state index contributed by atoms with van der Waals surface area (Å²) in [7, 11) is 0. The number of nitrogens with one attached hydrogen (secondary N) is 1. The number of carbonyl (C=O) groups is 1. The van der Waals surface area contributed by atoms with E-state index in [-0.39, 0.29) is 10.4 Å². The Balaban J connectivity index is 2.22. The molecule has 10 heteroatoms. The Labute approximate surface area is 127 Å². The maximum Gasteiger partial charge on any atom is 0.307 e. The molecule has 0 aliphatic carbocycles. The fraction of sp³-hybridized carbons (Fsp3) is 0. The summed E-state index contributed by atoms with van der Waals surface area (Å²) in [6, 6.07) is 2.68. The highest BCUT2D eigenvalue weighted by Gasteiger charge is 2.24. The minimum absolute atomic E-state index is 0.179. The zero-order chi connectivity index (χ0) is 16.4. The molecule has 1 aromatic heterocycles. The zero-order valence-corrected chi connectivity index (χ0v) is 11.8. The summed E-state index contributed by atoms with van der Waals surface area (Å²) in [6.07, 6.45) is 0.298. The van der Waals surface area contributed by atoms with Crippen molar-refractivity contribution in [2.45, 2.75) is 0 Å². The van der Waals surface area contributed by atoms with Gasteiger partial charge in [0.2, 0.25) is 5.82 Å². The van der Waals surface area contributed by atoms with E-state index in [0.717, 1.165) is 0 Å². The largest absolute Gasteiger partial charge is 0.444 e. The van der Waals surface area contributed by atoms with Gasteiger partial charge in [-0.1, -0.05) is 0 Å². The van der Waals surface area contributed by atoms with E-state index in [0.29, 0.717) is 6.21 Å². The van der Waals surface area contributed by atoms with Gasteiger partial charge in [0.05, 0.1) is 11.8 Å². The van der Waals surface area contributed by atoms with Crippen molar-refractivity contribution in [3.63, 3.8) is 0 Å². The van der Waals surface area contributed by atoms with Crippen molar-refractivity contribution in [2.75, 3.05) is 0 Å². The minimum Gasteiger partial charge on any atom is -0.444 e. The zero-order valence-electron chi connectivity index (χ0n) is 10.3. The van der Waals surface area contributed by atoms with Gasteiger partial charge in [0.15, 0.2) is 33.7 Å². The summed E-state index contributed by atoms with van der Waals surface area (Å²) in [5.41, 5.74) is 0.532. The maximum atomic E-state index is 13.3. The van der Waals surface area contributed by atoms with Crippen molar-refractivity contribution in [1.29, 1.82) is 0 Å². The molecule has 0 unspecified atom stereocenters. The predicted octanol–water partition coefficient (Wildman–Crippen LogP) is 3.50. The van der Waals surface area contributed by atoms with Crippen LogP contribution < -0.4 is 5.43 Å². The molecule has 1 N–H and O–H groups in total. The van der Waals surface area contributed by atoms with Gasteiger partial charge in [-0.3, -0.25) is 4.79 Å². The summed E-state index contributed by atoms with van der Waals surface area (Å²) in [5, 5.41) is 3.13. The molecule has 0 atom stereocenters. The molecular formula is C12H4BrF5N2O2. The first-order valence-electron chi connectivity index (χ1n) is 5.43. The molecule has 2 aromatic rings. The molecule has 0 radical (unpaired) electrons. The maximum absolute atomic E-state index is 13.3. The van der Waals surface area contributed by atoms with E-state index >= 15 is 0 Å². The molecule has 116 valence electrons. The smallest absolute Gasteiger partial charge is 0.307 e. The average molecular weight is 383 g/mol. The topological polar surface area (TPSA) is 54.6 Å². The highest BCUT2D eigenvalue weighted by Crippen LogP contribution is 2.21. The van der Waals surface area contributed by atoms with Crippen LogP contribution in [0.15, 0.2) is 26.3 Å². The Morgan fingerprint density at radius 2 is 1.59 bits per heavy atom. The van der Waals surface area contributed by atoms with Gasteiger partial charge in [-0.2, -0.15) is 5.10 Å². The van der Waals surface area contributed by atoms with E-state index in [9.17, 15) is 26.7 Å². The Hall–Kier alpha value is -2.23. The first-order chi connectivity index (χ1) is 10.3. The molecule has 1 amide bonds. The summed E-state index contributed by atoms with van der Waals surface area (Å²) in [4.78, 5) is 11.5. The first kappa shape index (κ1) is 16.1. The number of furan rings is 1. The third kappa shape index (κ3) is 3.01. The molecule has 1 heterocycles. The molecule has 0 saturated carbocycles.